The van der Waals surface area contributed by atoms with Gasteiger partial charge in [-0.3, -0.25) is 4.79 Å². The molecule has 0 saturated heterocycles. The van der Waals surface area contributed by atoms with Crippen molar-refractivity contribution >= 4 is 35.0 Å². The molecule has 0 fully saturated rings. The Labute approximate surface area is 185 Å². The molecule has 0 aliphatic heterocycles. The number of benzene rings is 2. The second-order valence-electron chi connectivity index (χ2n) is 6.35. The number of hydrogen-bond donors (Lipinski definition) is 1. The lowest BCUT2D eigenvalue weighted by Crippen LogP contribution is -2.16. The summed E-state index contributed by atoms with van der Waals surface area (Å²) in [5.41, 5.74) is -0.172. The van der Waals surface area contributed by atoms with Crippen LogP contribution in [0.5, 0.6) is 5.75 Å². The first-order valence-corrected chi connectivity index (χ1v) is 10.5. The fourth-order valence-corrected chi connectivity index (χ4v) is 3.55. The maximum Gasteiger partial charge on any atom is 0.416 e. The molecule has 1 aromatic heterocycles. The van der Waals surface area contributed by atoms with Gasteiger partial charge in [-0.1, -0.05) is 23.4 Å². The zero-order chi connectivity index (χ0) is 22.6. The Bertz CT molecular complexity index is 1070. The predicted molar refractivity (Wildman–Crippen MR) is 113 cm³/mol. The number of carbonyl (C=O) groups excluding carboxylic acids is 1. The van der Waals surface area contributed by atoms with Gasteiger partial charge in [-0.2, -0.15) is 13.2 Å². The smallest absolute Gasteiger partial charge is 0.416 e. The average molecular weight is 471 g/mol. The summed E-state index contributed by atoms with van der Waals surface area (Å²) in [6.45, 7) is 2.47. The van der Waals surface area contributed by atoms with Crippen molar-refractivity contribution in [2.24, 2.45) is 7.05 Å². The van der Waals surface area contributed by atoms with E-state index < -0.39 is 17.6 Å². The van der Waals surface area contributed by atoms with Crippen molar-refractivity contribution < 1.29 is 22.7 Å². The van der Waals surface area contributed by atoms with Crippen LogP contribution >= 0.6 is 23.4 Å². The highest BCUT2D eigenvalue weighted by atomic mass is 35.5. The van der Waals surface area contributed by atoms with Gasteiger partial charge in [0.25, 0.3) is 0 Å². The van der Waals surface area contributed by atoms with Gasteiger partial charge in [-0.05, 0) is 49.4 Å². The predicted octanol–water partition coefficient (Wildman–Crippen LogP) is 5.28. The van der Waals surface area contributed by atoms with Gasteiger partial charge in [0.2, 0.25) is 5.91 Å². The molecule has 2 aromatic carbocycles. The summed E-state index contributed by atoms with van der Waals surface area (Å²) in [6.07, 6.45) is -4.53. The topological polar surface area (TPSA) is 69.0 Å². The normalized spacial score (nSPS) is 11.4. The standard InChI is InChI=1S/C20H18ClF3N4O2S/c1-3-30-14-7-4-12(5-8-14)18-26-27-19(28(18)2)31-11-17(29)25-16-10-13(20(22,23)24)6-9-15(16)21/h4-10H,3,11H2,1-2H3,(H,25,29). The minimum absolute atomic E-state index is 0.0165. The minimum Gasteiger partial charge on any atom is -0.494 e. The van der Waals surface area contributed by atoms with Crippen LogP contribution in [0.4, 0.5) is 18.9 Å². The first-order chi connectivity index (χ1) is 14.7. The van der Waals surface area contributed by atoms with Gasteiger partial charge < -0.3 is 14.6 Å². The van der Waals surface area contributed by atoms with Crippen LogP contribution in [-0.4, -0.2) is 33.0 Å². The van der Waals surface area contributed by atoms with Crippen LogP contribution < -0.4 is 10.1 Å². The molecule has 11 heteroatoms. The number of anilines is 1. The zero-order valence-corrected chi connectivity index (χ0v) is 18.1. The summed E-state index contributed by atoms with van der Waals surface area (Å²) in [6, 6.07) is 10.1. The monoisotopic (exact) mass is 470 g/mol. The number of hydrogen-bond acceptors (Lipinski definition) is 5. The number of alkyl halides is 3. The highest BCUT2D eigenvalue weighted by Gasteiger charge is 2.31. The summed E-state index contributed by atoms with van der Waals surface area (Å²) in [5, 5.41) is 11.1. The van der Waals surface area contributed by atoms with Crippen LogP contribution in [0.25, 0.3) is 11.4 Å². The van der Waals surface area contributed by atoms with Gasteiger partial charge >= 0.3 is 6.18 Å². The Morgan fingerprint density at radius 1 is 1.19 bits per heavy atom. The van der Waals surface area contributed by atoms with Crippen molar-refractivity contribution in [1.29, 1.82) is 0 Å². The number of rotatable bonds is 7. The molecule has 3 rings (SSSR count). The van der Waals surface area contributed by atoms with Crippen LogP contribution in [0.3, 0.4) is 0 Å². The van der Waals surface area contributed by atoms with Crippen molar-refractivity contribution in [1.82, 2.24) is 14.8 Å². The quantitative estimate of drug-likeness (QED) is 0.475. The van der Waals surface area contributed by atoms with E-state index in [2.05, 4.69) is 15.5 Å². The van der Waals surface area contributed by atoms with Gasteiger partial charge in [0.15, 0.2) is 11.0 Å². The van der Waals surface area contributed by atoms with Gasteiger partial charge in [-0.15, -0.1) is 10.2 Å². The lowest BCUT2D eigenvalue weighted by atomic mass is 10.2. The molecule has 3 aromatic rings. The maximum atomic E-state index is 12.9. The third kappa shape index (κ3) is 5.71. The SMILES string of the molecule is CCOc1ccc(-c2nnc(SCC(=O)Nc3cc(C(F)(F)F)ccc3Cl)n2C)cc1. The fourth-order valence-electron chi connectivity index (χ4n) is 2.67. The molecule has 31 heavy (non-hydrogen) atoms. The first kappa shape index (κ1) is 23.0. The fraction of sp³-hybridized carbons (Fsp3) is 0.250. The molecular weight excluding hydrogens is 453 g/mol. The Morgan fingerprint density at radius 3 is 2.55 bits per heavy atom. The van der Waals surface area contributed by atoms with E-state index in [0.29, 0.717) is 17.6 Å². The van der Waals surface area contributed by atoms with Crippen LogP contribution in [0.1, 0.15) is 12.5 Å². The number of aromatic nitrogens is 3. The number of nitrogens with one attached hydrogen (secondary N) is 1. The van der Waals surface area contributed by atoms with Crippen LogP contribution in [0.2, 0.25) is 5.02 Å². The first-order valence-electron chi connectivity index (χ1n) is 9.11. The van der Waals surface area contributed by atoms with Gasteiger partial charge in [-0.25, -0.2) is 0 Å². The van der Waals surface area contributed by atoms with Crippen LogP contribution in [0, 0.1) is 0 Å². The molecule has 0 aliphatic rings. The van der Waals surface area contributed by atoms with E-state index in [1.807, 2.05) is 31.2 Å². The Morgan fingerprint density at radius 2 is 1.90 bits per heavy atom. The molecular formula is C20H18ClF3N4O2S. The molecule has 0 saturated carbocycles. The van der Waals surface area contributed by atoms with Gasteiger partial charge in [0.05, 0.1) is 28.6 Å². The van der Waals surface area contributed by atoms with Crippen molar-refractivity contribution in [3.8, 4) is 17.1 Å². The van der Waals surface area contributed by atoms with Crippen molar-refractivity contribution in [3.63, 3.8) is 0 Å². The van der Waals surface area contributed by atoms with Crippen LogP contribution in [0.15, 0.2) is 47.6 Å². The van der Waals surface area contributed by atoms with E-state index in [1.165, 1.54) is 0 Å². The highest BCUT2D eigenvalue weighted by Crippen LogP contribution is 2.34. The second-order valence-corrected chi connectivity index (χ2v) is 7.70. The number of thioether (sulfide) groups is 1. The third-order valence-corrected chi connectivity index (χ3v) is 5.51. The van der Waals surface area contributed by atoms with Crippen molar-refractivity contribution in [3.05, 3.63) is 53.1 Å². The second kappa shape index (κ2) is 9.61. The third-order valence-electron chi connectivity index (χ3n) is 4.16. The zero-order valence-electron chi connectivity index (χ0n) is 16.5. The number of nitrogens with zero attached hydrogens (tertiary/aromatic N) is 3. The summed E-state index contributed by atoms with van der Waals surface area (Å²) in [5.74, 6) is 0.749. The molecule has 1 N–H and O–H groups in total. The van der Waals surface area contributed by atoms with Crippen molar-refractivity contribution in [2.75, 3.05) is 17.7 Å². The van der Waals surface area contributed by atoms with E-state index in [4.69, 9.17) is 16.3 Å². The summed E-state index contributed by atoms with van der Waals surface area (Å²) in [4.78, 5) is 12.2. The molecule has 1 amide bonds. The van der Waals surface area contributed by atoms with Gasteiger partial charge in [0.1, 0.15) is 5.75 Å². The molecule has 1 heterocycles. The van der Waals surface area contributed by atoms with E-state index in [0.717, 1.165) is 41.3 Å². The maximum absolute atomic E-state index is 12.9. The van der Waals surface area contributed by atoms with Gasteiger partial charge in [0, 0.05) is 12.6 Å². The van der Waals surface area contributed by atoms with E-state index >= 15 is 0 Å². The van der Waals surface area contributed by atoms with E-state index in [-0.39, 0.29) is 16.5 Å². The number of amides is 1. The lowest BCUT2D eigenvalue weighted by Gasteiger charge is -2.11. The van der Waals surface area contributed by atoms with Crippen LogP contribution in [-0.2, 0) is 18.0 Å². The molecule has 0 aliphatic carbocycles. The summed E-state index contributed by atoms with van der Waals surface area (Å²) in [7, 11) is 1.76. The van der Waals surface area contributed by atoms with E-state index in [9.17, 15) is 18.0 Å². The number of ether oxygens (including phenoxy) is 1. The molecule has 0 spiro atoms. The Kier molecular flexibility index (Phi) is 7.11. The molecule has 0 radical (unpaired) electrons. The minimum atomic E-state index is -4.53. The molecule has 164 valence electrons. The summed E-state index contributed by atoms with van der Waals surface area (Å²) >= 11 is 7.01. The number of halogens is 4. The lowest BCUT2D eigenvalue weighted by molar-refractivity contribution is -0.137. The average Bonchev–Trinajstić information content (AvgIpc) is 3.08. The molecule has 0 bridgehead atoms. The van der Waals surface area contributed by atoms with Crippen molar-refractivity contribution in [2.45, 2.75) is 18.3 Å². The molecule has 6 nitrogen and oxygen atoms in total. The summed E-state index contributed by atoms with van der Waals surface area (Å²) < 4.78 is 45.8. The van der Waals surface area contributed by atoms with E-state index in [1.54, 1.807) is 11.6 Å². The number of carbonyl (C=O) groups is 1. The Hall–Kier alpha value is -2.72. The molecule has 0 unspecified atom stereocenters. The largest absolute Gasteiger partial charge is 0.494 e. The molecule has 0 atom stereocenters. The Balaban J connectivity index is 1.65. The highest BCUT2D eigenvalue weighted by molar-refractivity contribution is 7.99.